The van der Waals surface area contributed by atoms with Crippen molar-refractivity contribution in [3.8, 4) is 0 Å². The maximum absolute atomic E-state index is 3.07. The van der Waals surface area contributed by atoms with Crippen molar-refractivity contribution < 1.29 is 0 Å². The zero-order valence-corrected chi connectivity index (χ0v) is 13.5. The lowest BCUT2D eigenvalue weighted by atomic mass is 10.1. The maximum atomic E-state index is 3.07. The number of hydrogen-bond acceptors (Lipinski definition) is 10. The van der Waals surface area contributed by atoms with Crippen LogP contribution in [-0.2, 0) is 0 Å². The Labute approximate surface area is 133 Å². The van der Waals surface area contributed by atoms with Crippen LogP contribution in [0.15, 0.2) is 0 Å². The van der Waals surface area contributed by atoms with Crippen molar-refractivity contribution in [2.24, 2.45) is 0 Å². The normalized spacial score (nSPS) is 24.0. The first-order valence-corrected chi connectivity index (χ1v) is 8.46. The fourth-order valence-corrected chi connectivity index (χ4v) is 2.24. The number of hydrogen-bond donors (Lipinski definition) is 10. The molecule has 0 atom stereocenters. The smallest absolute Gasteiger partial charge is 0.0113 e. The highest BCUT2D eigenvalue weighted by Gasteiger charge is 1.94. The highest BCUT2D eigenvalue weighted by Crippen LogP contribution is 2.10. The van der Waals surface area contributed by atoms with Crippen molar-refractivity contribution in [2.45, 2.75) is 64.2 Å². The molecular weight excluding hydrogens is 284 g/mol. The largest absolute Gasteiger partial charge is 0.243 e. The lowest BCUT2D eigenvalue weighted by molar-refractivity contribution is 0.232. The average molecular weight is 318 g/mol. The quantitative estimate of drug-likeness (QED) is 0.273. The van der Waals surface area contributed by atoms with Crippen LogP contribution in [0.5, 0.6) is 0 Å². The van der Waals surface area contributed by atoms with Crippen LogP contribution in [0.25, 0.3) is 0 Å². The van der Waals surface area contributed by atoms with E-state index < -0.39 is 0 Å². The molecule has 0 aliphatic carbocycles. The van der Waals surface area contributed by atoms with Crippen molar-refractivity contribution in [3.63, 3.8) is 0 Å². The Morgan fingerprint density at radius 1 is 0.273 bits per heavy atom. The summed E-state index contributed by atoms with van der Waals surface area (Å²) in [6.45, 7) is 1.88. The fourth-order valence-electron chi connectivity index (χ4n) is 2.24. The van der Waals surface area contributed by atoms with E-state index in [2.05, 4.69) is 55.1 Å². The standard InChI is InChI=1S/C12H34N10/c1-2-4-6-8-10-12-14-16-18-20-22-21-19-17-15-13-11-9-7-5-3-1/h13-22H,1-12H2. The molecule has 1 rings (SSSR count). The van der Waals surface area contributed by atoms with Gasteiger partial charge >= 0.3 is 0 Å². The monoisotopic (exact) mass is 318 g/mol. The molecular formula is C12H34N10. The number of rotatable bonds is 0. The predicted octanol–water partition coefficient (Wildman–Crippen LogP) is -0.968. The molecule has 0 aromatic heterocycles. The summed E-state index contributed by atoms with van der Waals surface area (Å²) < 4.78 is 0. The summed E-state index contributed by atoms with van der Waals surface area (Å²) >= 11 is 0. The average Bonchev–Trinajstić information content (AvgIpc) is 2.53. The predicted molar refractivity (Wildman–Crippen MR) is 87.3 cm³/mol. The van der Waals surface area contributed by atoms with Crippen molar-refractivity contribution >= 4 is 0 Å². The van der Waals surface area contributed by atoms with Crippen molar-refractivity contribution in [1.82, 2.24) is 55.1 Å². The minimum absolute atomic E-state index is 0.942. The zero-order chi connectivity index (χ0) is 15.6. The minimum Gasteiger partial charge on any atom is -0.243 e. The maximum Gasteiger partial charge on any atom is 0.0113 e. The Morgan fingerprint density at radius 2 is 0.545 bits per heavy atom. The summed E-state index contributed by atoms with van der Waals surface area (Å²) in [5.74, 6) is 0. The van der Waals surface area contributed by atoms with Gasteiger partial charge in [-0.05, 0) is 12.8 Å². The Morgan fingerprint density at radius 3 is 0.909 bits per heavy atom. The van der Waals surface area contributed by atoms with E-state index in [0.29, 0.717) is 0 Å². The first kappa shape index (κ1) is 19.6. The van der Waals surface area contributed by atoms with Gasteiger partial charge in [0, 0.05) is 13.1 Å². The van der Waals surface area contributed by atoms with Crippen molar-refractivity contribution in [3.05, 3.63) is 0 Å². The van der Waals surface area contributed by atoms with Gasteiger partial charge in [-0.3, -0.25) is 0 Å². The molecule has 0 unspecified atom stereocenters. The van der Waals surface area contributed by atoms with Gasteiger partial charge in [0.1, 0.15) is 0 Å². The summed E-state index contributed by atoms with van der Waals surface area (Å²) in [5.41, 5.74) is 28.0. The summed E-state index contributed by atoms with van der Waals surface area (Å²) in [6, 6.07) is 0. The van der Waals surface area contributed by atoms with Gasteiger partial charge < -0.3 is 0 Å². The number of nitrogens with one attached hydrogen (secondary N) is 10. The van der Waals surface area contributed by atoms with Crippen LogP contribution in [0.1, 0.15) is 64.2 Å². The molecule has 1 aliphatic heterocycles. The molecule has 1 fully saturated rings. The van der Waals surface area contributed by atoms with Gasteiger partial charge in [-0.2, -0.15) is 44.3 Å². The van der Waals surface area contributed by atoms with E-state index in [1.54, 1.807) is 0 Å². The summed E-state index contributed by atoms with van der Waals surface area (Å²) in [5, 5.41) is 0. The van der Waals surface area contributed by atoms with Crippen LogP contribution in [0.2, 0.25) is 0 Å². The van der Waals surface area contributed by atoms with Crippen molar-refractivity contribution in [2.75, 3.05) is 13.1 Å². The highest BCUT2D eigenvalue weighted by molar-refractivity contribution is 4.49. The molecule has 0 radical (unpaired) electrons. The van der Waals surface area contributed by atoms with Crippen LogP contribution in [-0.4, -0.2) is 13.1 Å². The van der Waals surface area contributed by atoms with Gasteiger partial charge in [-0.1, -0.05) is 51.4 Å². The Bertz CT molecular complexity index is 120. The van der Waals surface area contributed by atoms with Crippen LogP contribution >= 0.6 is 0 Å². The summed E-state index contributed by atoms with van der Waals surface area (Å²) in [4.78, 5) is 0. The van der Waals surface area contributed by atoms with Gasteiger partial charge in [0.2, 0.25) is 0 Å². The Kier molecular flexibility index (Phi) is 15.1. The third kappa shape index (κ3) is 14.5. The van der Waals surface area contributed by atoms with Crippen LogP contribution < -0.4 is 55.1 Å². The fraction of sp³-hybridized carbons (Fsp3) is 1.00. The molecule has 1 aliphatic rings. The summed E-state index contributed by atoms with van der Waals surface area (Å²) in [6.07, 6.45) is 13.1. The molecule has 10 N–H and O–H groups in total. The third-order valence-corrected chi connectivity index (χ3v) is 3.47. The van der Waals surface area contributed by atoms with E-state index in [1.807, 2.05) is 0 Å². The molecule has 132 valence electrons. The van der Waals surface area contributed by atoms with E-state index in [0.717, 1.165) is 13.1 Å². The third-order valence-electron chi connectivity index (χ3n) is 3.47. The topological polar surface area (TPSA) is 120 Å². The van der Waals surface area contributed by atoms with Gasteiger partial charge in [-0.25, -0.2) is 10.9 Å². The van der Waals surface area contributed by atoms with Gasteiger partial charge in [-0.15, -0.1) is 0 Å². The molecule has 1 saturated heterocycles. The summed E-state index contributed by atoms with van der Waals surface area (Å²) in [7, 11) is 0. The van der Waals surface area contributed by atoms with Gasteiger partial charge in [0.15, 0.2) is 0 Å². The van der Waals surface area contributed by atoms with Crippen LogP contribution in [0, 0.1) is 0 Å². The molecule has 22 heavy (non-hydrogen) atoms. The van der Waals surface area contributed by atoms with E-state index in [-0.39, 0.29) is 0 Å². The SMILES string of the molecule is C1CCCCCCNNNNNNNNNNCCCCC1. The molecule has 10 heteroatoms. The minimum atomic E-state index is 0.942. The second kappa shape index (κ2) is 17.0. The van der Waals surface area contributed by atoms with E-state index >= 15 is 0 Å². The molecule has 0 amide bonds. The molecule has 10 nitrogen and oxygen atoms in total. The second-order valence-corrected chi connectivity index (χ2v) is 5.39. The van der Waals surface area contributed by atoms with E-state index in [4.69, 9.17) is 0 Å². The zero-order valence-electron chi connectivity index (χ0n) is 13.5. The Hall–Kier alpha value is -0.400. The Balaban J connectivity index is 2.00. The van der Waals surface area contributed by atoms with E-state index in [1.165, 1.54) is 64.2 Å². The highest BCUT2D eigenvalue weighted by atomic mass is 15.9. The van der Waals surface area contributed by atoms with E-state index in [9.17, 15) is 0 Å². The first-order valence-electron chi connectivity index (χ1n) is 8.46. The van der Waals surface area contributed by atoms with Crippen molar-refractivity contribution in [1.29, 1.82) is 0 Å². The molecule has 0 aromatic rings. The molecule has 0 saturated carbocycles. The first-order chi connectivity index (χ1) is 11.0. The van der Waals surface area contributed by atoms with Gasteiger partial charge in [0.05, 0.1) is 0 Å². The molecule has 1 heterocycles. The lowest BCUT2D eigenvalue weighted by Crippen LogP contribution is -2.65. The van der Waals surface area contributed by atoms with Crippen LogP contribution in [0.4, 0.5) is 0 Å². The number of hydrazine groups is 9. The van der Waals surface area contributed by atoms with Gasteiger partial charge in [0.25, 0.3) is 0 Å². The lowest BCUT2D eigenvalue weighted by Gasteiger charge is -2.13. The molecule has 0 bridgehead atoms. The molecule has 0 spiro atoms. The second-order valence-electron chi connectivity index (χ2n) is 5.39. The molecule has 0 aromatic carbocycles. The van der Waals surface area contributed by atoms with Crippen LogP contribution in [0.3, 0.4) is 0 Å².